The third-order valence-electron chi connectivity index (χ3n) is 3.57. The highest BCUT2D eigenvalue weighted by Crippen LogP contribution is 2.17. The summed E-state index contributed by atoms with van der Waals surface area (Å²) in [4.78, 5) is 24.2. The Morgan fingerprint density at radius 3 is 2.08 bits per heavy atom. The van der Waals surface area contributed by atoms with Crippen LogP contribution in [0.1, 0.15) is 27.8 Å². The van der Waals surface area contributed by atoms with Crippen molar-refractivity contribution in [2.75, 3.05) is 17.2 Å². The quantitative estimate of drug-likeness (QED) is 0.699. The zero-order chi connectivity index (χ0) is 18.4. The van der Waals surface area contributed by atoms with Gasteiger partial charge in [0.15, 0.2) is 5.76 Å². The van der Waals surface area contributed by atoms with Gasteiger partial charge in [-0.25, -0.2) is 0 Å². The van der Waals surface area contributed by atoms with Gasteiger partial charge in [-0.3, -0.25) is 9.59 Å². The van der Waals surface area contributed by atoms with Crippen molar-refractivity contribution in [3.05, 3.63) is 78.3 Å². The van der Waals surface area contributed by atoms with Crippen LogP contribution >= 0.6 is 0 Å². The molecule has 0 spiro atoms. The van der Waals surface area contributed by atoms with Crippen LogP contribution in [0.25, 0.3) is 0 Å². The molecule has 132 valence electrons. The van der Waals surface area contributed by atoms with Crippen LogP contribution in [0.5, 0.6) is 5.75 Å². The lowest BCUT2D eigenvalue weighted by Gasteiger charge is -2.08. The molecule has 0 bridgehead atoms. The van der Waals surface area contributed by atoms with Crippen LogP contribution in [-0.4, -0.2) is 18.4 Å². The molecule has 0 fully saturated rings. The fourth-order valence-electron chi connectivity index (χ4n) is 2.31. The minimum absolute atomic E-state index is 0.224. The molecule has 0 aliphatic rings. The lowest BCUT2D eigenvalue weighted by atomic mass is 10.2. The molecule has 1 aromatic heterocycles. The van der Waals surface area contributed by atoms with Gasteiger partial charge >= 0.3 is 0 Å². The number of anilines is 2. The molecular weight excluding hydrogens is 332 g/mol. The van der Waals surface area contributed by atoms with E-state index in [1.165, 1.54) is 6.26 Å². The van der Waals surface area contributed by atoms with Crippen LogP contribution in [0.3, 0.4) is 0 Å². The number of nitrogens with one attached hydrogen (secondary N) is 2. The summed E-state index contributed by atoms with van der Waals surface area (Å²) < 4.78 is 10.4. The summed E-state index contributed by atoms with van der Waals surface area (Å²) in [5.41, 5.74) is 1.73. The Bertz CT molecular complexity index is 869. The van der Waals surface area contributed by atoms with Crippen LogP contribution in [0, 0.1) is 0 Å². The summed E-state index contributed by atoms with van der Waals surface area (Å²) in [6.07, 6.45) is 1.43. The first-order chi connectivity index (χ1) is 12.7. The van der Waals surface area contributed by atoms with E-state index < -0.39 is 0 Å². The monoisotopic (exact) mass is 350 g/mol. The number of hydrogen-bond donors (Lipinski definition) is 2. The zero-order valence-corrected chi connectivity index (χ0v) is 14.2. The number of hydrogen-bond acceptors (Lipinski definition) is 4. The van der Waals surface area contributed by atoms with E-state index >= 15 is 0 Å². The van der Waals surface area contributed by atoms with Gasteiger partial charge in [0.25, 0.3) is 11.8 Å². The molecular formula is C20H18N2O4. The van der Waals surface area contributed by atoms with Gasteiger partial charge in [0, 0.05) is 16.9 Å². The second kappa shape index (κ2) is 8.02. The van der Waals surface area contributed by atoms with Crippen molar-refractivity contribution in [2.45, 2.75) is 6.92 Å². The highest BCUT2D eigenvalue weighted by Gasteiger charge is 2.10. The maximum absolute atomic E-state index is 12.3. The molecule has 0 saturated carbocycles. The van der Waals surface area contributed by atoms with Gasteiger partial charge in [-0.1, -0.05) is 0 Å². The van der Waals surface area contributed by atoms with Crippen LogP contribution in [-0.2, 0) is 0 Å². The molecule has 3 rings (SSSR count). The fourth-order valence-corrected chi connectivity index (χ4v) is 2.31. The second-order valence-electron chi connectivity index (χ2n) is 5.42. The number of benzene rings is 2. The molecule has 0 aliphatic heterocycles. The zero-order valence-electron chi connectivity index (χ0n) is 14.2. The molecule has 3 aromatic rings. The van der Waals surface area contributed by atoms with Crippen LogP contribution in [0.15, 0.2) is 71.3 Å². The molecule has 0 radical (unpaired) electrons. The van der Waals surface area contributed by atoms with Crippen molar-refractivity contribution in [1.29, 1.82) is 0 Å². The predicted molar refractivity (Wildman–Crippen MR) is 98.7 cm³/mol. The Balaban J connectivity index is 1.60. The van der Waals surface area contributed by atoms with E-state index in [-0.39, 0.29) is 17.6 Å². The average Bonchev–Trinajstić information content (AvgIpc) is 3.19. The Hall–Kier alpha value is -3.54. The van der Waals surface area contributed by atoms with Gasteiger partial charge in [-0.05, 0) is 67.6 Å². The summed E-state index contributed by atoms with van der Waals surface area (Å²) >= 11 is 0. The number of amides is 2. The summed E-state index contributed by atoms with van der Waals surface area (Å²) in [7, 11) is 0. The normalized spacial score (nSPS) is 10.2. The van der Waals surface area contributed by atoms with E-state index in [4.69, 9.17) is 9.15 Å². The molecule has 0 unspecified atom stereocenters. The Morgan fingerprint density at radius 1 is 0.885 bits per heavy atom. The van der Waals surface area contributed by atoms with E-state index in [1.54, 1.807) is 60.7 Å². The third-order valence-corrected chi connectivity index (χ3v) is 3.57. The number of carbonyl (C=O) groups is 2. The van der Waals surface area contributed by atoms with E-state index in [2.05, 4.69) is 10.6 Å². The molecule has 0 atom stereocenters. The van der Waals surface area contributed by atoms with Crippen molar-refractivity contribution >= 4 is 23.2 Å². The van der Waals surface area contributed by atoms with Crippen LogP contribution < -0.4 is 15.4 Å². The van der Waals surface area contributed by atoms with Crippen molar-refractivity contribution < 1.29 is 18.7 Å². The molecule has 6 heteroatoms. The maximum Gasteiger partial charge on any atom is 0.291 e. The van der Waals surface area contributed by atoms with E-state index in [1.807, 2.05) is 6.92 Å². The van der Waals surface area contributed by atoms with Crippen molar-refractivity contribution in [2.24, 2.45) is 0 Å². The lowest BCUT2D eigenvalue weighted by Crippen LogP contribution is -2.13. The average molecular weight is 350 g/mol. The largest absolute Gasteiger partial charge is 0.494 e. The molecule has 26 heavy (non-hydrogen) atoms. The summed E-state index contributed by atoms with van der Waals surface area (Å²) in [6.45, 7) is 2.50. The number of furan rings is 1. The SMILES string of the molecule is CCOc1ccc(NC(=O)c2ccc(NC(=O)c3ccco3)cc2)cc1. The predicted octanol–water partition coefficient (Wildman–Crippen LogP) is 4.18. The number of carbonyl (C=O) groups excluding carboxylic acids is 2. The standard InChI is InChI=1S/C20H18N2O4/c1-2-25-17-11-9-16(10-12-17)21-19(23)14-5-7-15(8-6-14)22-20(24)18-4-3-13-26-18/h3-13H,2H2,1H3,(H,21,23)(H,22,24). The van der Waals surface area contributed by atoms with E-state index in [0.29, 0.717) is 23.5 Å². The third kappa shape index (κ3) is 4.30. The lowest BCUT2D eigenvalue weighted by molar-refractivity contribution is 0.0995. The highest BCUT2D eigenvalue weighted by atomic mass is 16.5. The molecule has 2 aromatic carbocycles. The Labute approximate surface area is 150 Å². The molecule has 2 amide bonds. The fraction of sp³-hybridized carbons (Fsp3) is 0.100. The minimum atomic E-state index is -0.346. The van der Waals surface area contributed by atoms with Crippen LogP contribution in [0.2, 0.25) is 0 Å². The Kier molecular flexibility index (Phi) is 5.34. The van der Waals surface area contributed by atoms with Gasteiger partial charge in [-0.2, -0.15) is 0 Å². The number of rotatable bonds is 6. The molecule has 0 aliphatic carbocycles. The summed E-state index contributed by atoms with van der Waals surface area (Å²) in [5.74, 6) is 0.393. The topological polar surface area (TPSA) is 80.6 Å². The molecule has 1 heterocycles. The van der Waals surface area contributed by atoms with Crippen LogP contribution in [0.4, 0.5) is 11.4 Å². The van der Waals surface area contributed by atoms with Crippen molar-refractivity contribution in [3.8, 4) is 5.75 Å². The first-order valence-electron chi connectivity index (χ1n) is 8.15. The first-order valence-corrected chi connectivity index (χ1v) is 8.15. The minimum Gasteiger partial charge on any atom is -0.494 e. The molecule has 2 N–H and O–H groups in total. The van der Waals surface area contributed by atoms with Crippen molar-refractivity contribution in [1.82, 2.24) is 0 Å². The summed E-state index contributed by atoms with van der Waals surface area (Å²) in [5, 5.41) is 5.51. The molecule has 6 nitrogen and oxygen atoms in total. The number of ether oxygens (including phenoxy) is 1. The van der Waals surface area contributed by atoms with Gasteiger partial charge in [0.1, 0.15) is 5.75 Å². The van der Waals surface area contributed by atoms with Gasteiger partial charge in [-0.15, -0.1) is 0 Å². The highest BCUT2D eigenvalue weighted by molar-refractivity contribution is 6.05. The maximum atomic E-state index is 12.3. The smallest absolute Gasteiger partial charge is 0.291 e. The molecule has 0 saturated heterocycles. The van der Waals surface area contributed by atoms with Gasteiger partial charge in [0.05, 0.1) is 12.9 Å². The second-order valence-corrected chi connectivity index (χ2v) is 5.42. The Morgan fingerprint density at radius 2 is 1.50 bits per heavy atom. The summed E-state index contributed by atoms with van der Waals surface area (Å²) in [6, 6.07) is 17.0. The van der Waals surface area contributed by atoms with E-state index in [9.17, 15) is 9.59 Å². The van der Waals surface area contributed by atoms with E-state index in [0.717, 1.165) is 5.75 Å². The first kappa shape index (κ1) is 17.3. The van der Waals surface area contributed by atoms with Gasteiger partial charge in [0.2, 0.25) is 0 Å². The van der Waals surface area contributed by atoms with Gasteiger partial charge < -0.3 is 19.8 Å². The van der Waals surface area contributed by atoms with Crippen molar-refractivity contribution in [3.63, 3.8) is 0 Å².